The van der Waals surface area contributed by atoms with Crippen molar-refractivity contribution in [3.05, 3.63) is 102 Å². The lowest BCUT2D eigenvalue weighted by Crippen LogP contribution is -2.48. The minimum atomic E-state index is -3.54. The molecule has 3 aromatic carbocycles. The van der Waals surface area contributed by atoms with Crippen LogP contribution in [0.5, 0.6) is 0 Å². The maximum Gasteiger partial charge on any atom is 0.264 e. The number of nitrogens with zero attached hydrogens (tertiary/aromatic N) is 2. The number of nitrogens with two attached hydrogens (primary N) is 1. The summed E-state index contributed by atoms with van der Waals surface area (Å²) >= 11 is 0. The maximum absolute atomic E-state index is 16.4. The topological polar surface area (TPSA) is 125 Å². The standard InChI is InChI=1S/C36H41FN4O5Si/c1-5-16-40-30-15-14-27(39-34(44)23-10-12-26(38)13-11-23)18-29(30)36(35(40)45)22(2)33(47(3,4)37)31(46-36)19-32(43)41-20-25-9-7-6-8-24(25)17-28(41)21-42/h5-15,18,22,28,31,33,42H,1,16-17,19-21,38H2,2-4H3,(H,39,44)/t22-,28-,31+,33-,36+/m0/s1. The van der Waals surface area contributed by atoms with E-state index in [1.54, 1.807) is 71.4 Å². The normalized spacial score (nSPS) is 25.1. The van der Waals surface area contributed by atoms with Gasteiger partial charge >= 0.3 is 0 Å². The number of nitrogens with one attached hydrogen (secondary N) is 1. The third-order valence-electron chi connectivity index (χ3n) is 9.97. The second kappa shape index (κ2) is 12.4. The van der Waals surface area contributed by atoms with Crippen molar-refractivity contribution in [1.82, 2.24) is 4.90 Å². The minimum absolute atomic E-state index is 0.132. The molecule has 5 atom stereocenters. The molecular formula is C36H41FN4O5Si. The molecular weight excluding hydrogens is 616 g/mol. The largest absolute Gasteiger partial charge is 0.399 e. The zero-order chi connectivity index (χ0) is 33.7. The Balaban J connectivity index is 1.35. The summed E-state index contributed by atoms with van der Waals surface area (Å²) in [6.45, 7) is 9.18. The Hall–Kier alpha value is -4.32. The zero-order valence-electron chi connectivity index (χ0n) is 26.9. The van der Waals surface area contributed by atoms with Crippen LogP contribution in [0.15, 0.2) is 79.4 Å². The summed E-state index contributed by atoms with van der Waals surface area (Å²) in [6, 6.07) is 19.1. The number of carbonyl (C=O) groups is 3. The summed E-state index contributed by atoms with van der Waals surface area (Å²) in [7, 11) is -3.54. The van der Waals surface area contributed by atoms with Gasteiger partial charge in [0.25, 0.3) is 11.8 Å². The highest BCUT2D eigenvalue weighted by Gasteiger charge is 2.67. The molecule has 3 heterocycles. The van der Waals surface area contributed by atoms with E-state index in [1.165, 1.54) is 0 Å². The first kappa shape index (κ1) is 32.6. The number of anilines is 3. The molecule has 1 spiro atoms. The molecule has 3 amide bonds. The summed E-state index contributed by atoms with van der Waals surface area (Å²) in [4.78, 5) is 44.8. The van der Waals surface area contributed by atoms with Crippen molar-refractivity contribution in [2.75, 3.05) is 29.1 Å². The molecule has 246 valence electrons. The molecule has 0 aliphatic carbocycles. The summed E-state index contributed by atoms with van der Waals surface area (Å²) in [5.74, 6) is -1.58. The average molecular weight is 657 g/mol. The van der Waals surface area contributed by atoms with Crippen molar-refractivity contribution in [3.8, 4) is 0 Å². The number of rotatable bonds is 8. The first-order valence-electron chi connectivity index (χ1n) is 16.0. The highest BCUT2D eigenvalue weighted by molar-refractivity contribution is 6.72. The fourth-order valence-electron chi connectivity index (χ4n) is 7.81. The second-order valence-corrected chi connectivity index (χ2v) is 17.1. The van der Waals surface area contributed by atoms with Gasteiger partial charge in [0.1, 0.15) is 0 Å². The molecule has 3 aromatic rings. The van der Waals surface area contributed by atoms with Crippen molar-refractivity contribution >= 4 is 43.2 Å². The Morgan fingerprint density at radius 2 is 1.85 bits per heavy atom. The number of aliphatic hydroxyl groups is 1. The third-order valence-corrected chi connectivity index (χ3v) is 12.4. The Morgan fingerprint density at radius 3 is 2.51 bits per heavy atom. The Morgan fingerprint density at radius 1 is 1.15 bits per heavy atom. The first-order valence-corrected chi connectivity index (χ1v) is 18.9. The molecule has 9 nitrogen and oxygen atoms in total. The van der Waals surface area contributed by atoms with Crippen LogP contribution < -0.4 is 16.0 Å². The molecule has 0 unspecified atom stereocenters. The van der Waals surface area contributed by atoms with Crippen LogP contribution in [-0.2, 0) is 32.9 Å². The van der Waals surface area contributed by atoms with Crippen molar-refractivity contribution in [2.24, 2.45) is 5.92 Å². The summed E-state index contributed by atoms with van der Waals surface area (Å²) in [5.41, 5.74) is 8.11. The van der Waals surface area contributed by atoms with Gasteiger partial charge in [0, 0.05) is 47.1 Å². The number of benzene rings is 3. The fourth-order valence-corrected chi connectivity index (χ4v) is 10.3. The van der Waals surface area contributed by atoms with Crippen LogP contribution in [0.2, 0.25) is 18.6 Å². The first-order chi connectivity index (χ1) is 22.4. The van der Waals surface area contributed by atoms with E-state index < -0.39 is 37.6 Å². The van der Waals surface area contributed by atoms with Crippen LogP contribution in [0.3, 0.4) is 0 Å². The lowest BCUT2D eigenvalue weighted by molar-refractivity contribution is -0.150. The smallest absolute Gasteiger partial charge is 0.264 e. The molecule has 11 heteroatoms. The number of hydrogen-bond acceptors (Lipinski definition) is 6. The van der Waals surface area contributed by atoms with Crippen LogP contribution in [0.1, 0.15) is 40.4 Å². The van der Waals surface area contributed by atoms with Crippen molar-refractivity contribution in [2.45, 2.75) is 62.7 Å². The lowest BCUT2D eigenvalue weighted by atomic mass is 9.82. The predicted molar refractivity (Wildman–Crippen MR) is 182 cm³/mol. The van der Waals surface area contributed by atoms with Crippen LogP contribution in [0.25, 0.3) is 0 Å². The van der Waals surface area contributed by atoms with Gasteiger partial charge in [0.2, 0.25) is 14.3 Å². The van der Waals surface area contributed by atoms with Gasteiger partial charge in [0.05, 0.1) is 30.9 Å². The Kier molecular flexibility index (Phi) is 8.58. The number of hydrogen-bond donors (Lipinski definition) is 3. The van der Waals surface area contributed by atoms with E-state index in [9.17, 15) is 19.5 Å². The molecule has 1 saturated heterocycles. The number of amides is 3. The maximum atomic E-state index is 16.4. The Bertz CT molecular complexity index is 1730. The van der Waals surface area contributed by atoms with E-state index in [2.05, 4.69) is 11.9 Å². The lowest BCUT2D eigenvalue weighted by Gasteiger charge is -2.37. The fraction of sp³-hybridized carbons (Fsp3) is 0.361. The van der Waals surface area contributed by atoms with Crippen LogP contribution in [0, 0.1) is 5.92 Å². The molecule has 3 aliphatic rings. The second-order valence-electron chi connectivity index (χ2n) is 13.3. The number of nitrogen functional groups attached to an aromatic ring is 1. The molecule has 6 rings (SSSR count). The van der Waals surface area contributed by atoms with E-state index in [0.717, 1.165) is 11.1 Å². The van der Waals surface area contributed by atoms with Gasteiger partial charge in [0.15, 0.2) is 5.60 Å². The van der Waals surface area contributed by atoms with E-state index in [1.807, 2.05) is 31.2 Å². The van der Waals surface area contributed by atoms with Crippen LogP contribution in [-0.4, -0.2) is 61.4 Å². The van der Waals surface area contributed by atoms with Crippen molar-refractivity contribution in [3.63, 3.8) is 0 Å². The SMILES string of the molecule is C=CCN1C(=O)[C@]2(O[C@H](CC(=O)N3Cc4ccccc4C[C@H]3CO)[C@@H]([Si](C)(C)F)[C@@H]2C)c2cc(NC(=O)c3ccc(N)cc3)ccc21. The molecule has 1 fully saturated rings. The molecule has 0 saturated carbocycles. The summed E-state index contributed by atoms with van der Waals surface area (Å²) in [5, 5.41) is 13.1. The van der Waals surface area contributed by atoms with E-state index >= 15 is 4.11 Å². The zero-order valence-corrected chi connectivity index (χ0v) is 27.9. The van der Waals surface area contributed by atoms with Crippen molar-refractivity contribution < 1.29 is 28.3 Å². The molecule has 0 radical (unpaired) electrons. The Labute approximate surface area is 275 Å². The van der Waals surface area contributed by atoms with Crippen LogP contribution >= 0.6 is 0 Å². The van der Waals surface area contributed by atoms with Gasteiger partial charge in [-0.3, -0.25) is 14.4 Å². The van der Waals surface area contributed by atoms with Gasteiger partial charge in [-0.2, -0.15) is 0 Å². The molecule has 4 N–H and O–H groups in total. The number of aliphatic hydroxyl groups excluding tert-OH is 1. The van der Waals surface area contributed by atoms with E-state index in [4.69, 9.17) is 10.5 Å². The predicted octanol–water partition coefficient (Wildman–Crippen LogP) is 5.16. The van der Waals surface area contributed by atoms with E-state index in [0.29, 0.717) is 41.2 Å². The quantitative estimate of drug-likeness (QED) is 0.133. The third kappa shape index (κ3) is 5.66. The average Bonchev–Trinajstić information content (AvgIpc) is 3.46. The molecule has 3 aliphatic heterocycles. The highest BCUT2D eigenvalue weighted by Crippen LogP contribution is 2.60. The molecule has 47 heavy (non-hydrogen) atoms. The van der Waals surface area contributed by atoms with Gasteiger partial charge in [-0.05, 0) is 73.1 Å². The van der Waals surface area contributed by atoms with Crippen LogP contribution in [0.4, 0.5) is 21.2 Å². The monoisotopic (exact) mass is 656 g/mol. The van der Waals surface area contributed by atoms with Crippen molar-refractivity contribution in [1.29, 1.82) is 0 Å². The summed E-state index contributed by atoms with van der Waals surface area (Å²) < 4.78 is 23.1. The molecule has 0 aromatic heterocycles. The van der Waals surface area contributed by atoms with E-state index in [-0.39, 0.29) is 37.3 Å². The van der Waals surface area contributed by atoms with Gasteiger partial charge in [-0.15, -0.1) is 6.58 Å². The minimum Gasteiger partial charge on any atom is -0.399 e. The summed E-state index contributed by atoms with van der Waals surface area (Å²) in [6.07, 6.45) is 1.12. The van der Waals surface area contributed by atoms with Gasteiger partial charge < -0.3 is 34.8 Å². The number of halogens is 1. The highest BCUT2D eigenvalue weighted by atomic mass is 28.4. The number of carbonyl (C=O) groups excluding carboxylic acids is 3. The number of ether oxygens (including phenoxy) is 1. The van der Waals surface area contributed by atoms with Gasteiger partial charge in [-0.1, -0.05) is 37.3 Å². The number of fused-ring (bicyclic) bond motifs is 3. The van der Waals surface area contributed by atoms with Gasteiger partial charge in [-0.25, -0.2) is 0 Å². The molecule has 0 bridgehead atoms.